The molecule has 9 heteroatoms. The topological polar surface area (TPSA) is 113 Å². The number of aromatic nitrogens is 1. The van der Waals surface area contributed by atoms with Crippen molar-refractivity contribution in [2.75, 3.05) is 0 Å². The van der Waals surface area contributed by atoms with Crippen LogP contribution in [0, 0.1) is 34.1 Å². The van der Waals surface area contributed by atoms with Crippen molar-refractivity contribution in [2.45, 2.75) is 20.5 Å². The van der Waals surface area contributed by atoms with Gasteiger partial charge in [0, 0.05) is 41.2 Å². The summed E-state index contributed by atoms with van der Waals surface area (Å²) in [7, 11) is 0. The van der Waals surface area contributed by atoms with E-state index in [0.29, 0.717) is 11.3 Å². The number of rotatable bonds is 7. The molecule has 0 amide bonds. The molecule has 3 rings (SSSR count). The lowest BCUT2D eigenvalue weighted by Crippen LogP contribution is -2.00. The van der Waals surface area contributed by atoms with Crippen molar-refractivity contribution in [1.29, 1.82) is 0 Å². The van der Waals surface area contributed by atoms with Crippen LogP contribution >= 0.6 is 0 Å². The molecule has 148 valence electrons. The molecular weight excluding hydrogens is 376 g/mol. The monoisotopic (exact) mass is 394 g/mol. The number of nitrogens with zero attached hydrogens (tertiary/aromatic N) is 4. The number of non-ortho nitro benzene ring substituents is 2. The summed E-state index contributed by atoms with van der Waals surface area (Å²) < 4.78 is 1.90. The Morgan fingerprint density at radius 1 is 1.00 bits per heavy atom. The van der Waals surface area contributed by atoms with Crippen molar-refractivity contribution >= 4 is 17.6 Å². The van der Waals surface area contributed by atoms with Crippen molar-refractivity contribution in [3.05, 3.63) is 97.3 Å². The van der Waals surface area contributed by atoms with E-state index in [1.54, 1.807) is 30.5 Å². The smallest absolute Gasteiger partial charge is 0.271 e. The molecule has 0 aliphatic rings. The Kier molecular flexibility index (Phi) is 5.68. The van der Waals surface area contributed by atoms with Gasteiger partial charge in [-0.2, -0.15) is 0 Å². The van der Waals surface area contributed by atoms with Crippen LogP contribution in [0.15, 0.2) is 59.8 Å². The van der Waals surface area contributed by atoms with Crippen LogP contribution in [-0.2, 0) is 11.4 Å². The number of oxime groups is 1. The van der Waals surface area contributed by atoms with E-state index in [9.17, 15) is 20.2 Å². The van der Waals surface area contributed by atoms with Crippen LogP contribution in [0.2, 0.25) is 0 Å². The lowest BCUT2D eigenvalue weighted by molar-refractivity contribution is -0.385. The predicted octanol–water partition coefficient (Wildman–Crippen LogP) is 4.46. The fraction of sp³-hybridized carbons (Fsp3) is 0.150. The summed E-state index contributed by atoms with van der Waals surface area (Å²) in [5.41, 5.74) is 3.88. The lowest BCUT2D eigenvalue weighted by Gasteiger charge is -2.09. The van der Waals surface area contributed by atoms with Crippen LogP contribution in [0.4, 0.5) is 11.4 Å². The number of nitro benzene ring substituents is 2. The first-order valence-electron chi connectivity index (χ1n) is 8.69. The van der Waals surface area contributed by atoms with Gasteiger partial charge < -0.3 is 9.40 Å². The lowest BCUT2D eigenvalue weighted by atomic mass is 10.2. The fourth-order valence-electron chi connectivity index (χ4n) is 3.03. The highest BCUT2D eigenvalue weighted by Gasteiger charge is 2.13. The molecular formula is C20H18N4O5. The zero-order valence-corrected chi connectivity index (χ0v) is 15.8. The molecule has 0 saturated heterocycles. The minimum atomic E-state index is -0.463. The highest BCUT2D eigenvalue weighted by molar-refractivity contribution is 5.81. The van der Waals surface area contributed by atoms with Gasteiger partial charge in [0.05, 0.1) is 21.7 Å². The first-order chi connectivity index (χ1) is 13.9. The van der Waals surface area contributed by atoms with Crippen molar-refractivity contribution < 1.29 is 14.7 Å². The average molecular weight is 394 g/mol. The minimum Gasteiger partial charge on any atom is -0.391 e. The highest BCUT2D eigenvalue weighted by Crippen LogP contribution is 2.23. The molecule has 0 spiro atoms. The quantitative estimate of drug-likeness (QED) is 0.333. The van der Waals surface area contributed by atoms with Gasteiger partial charge >= 0.3 is 0 Å². The van der Waals surface area contributed by atoms with E-state index in [4.69, 9.17) is 4.84 Å². The molecule has 0 saturated carbocycles. The molecule has 0 unspecified atom stereocenters. The Labute approximate surface area is 166 Å². The standard InChI is InChI=1S/C20H18N4O5/c1-14-9-17(12-21-29-13-16-5-3-7-19(10-16)23(25)26)15(2)22(14)18-6-4-8-20(11-18)24(27)28/h3-12H,13H2,1-2H3/b21-12-. The number of nitro groups is 2. The van der Waals surface area contributed by atoms with Crippen molar-refractivity contribution in [2.24, 2.45) is 5.16 Å². The Balaban J connectivity index is 1.75. The molecule has 0 atom stereocenters. The molecule has 0 fully saturated rings. The molecule has 9 nitrogen and oxygen atoms in total. The van der Waals surface area contributed by atoms with Gasteiger partial charge in [0.2, 0.25) is 0 Å². The second-order valence-electron chi connectivity index (χ2n) is 6.37. The van der Waals surface area contributed by atoms with Gasteiger partial charge in [-0.15, -0.1) is 0 Å². The molecule has 0 bridgehead atoms. The second kappa shape index (κ2) is 8.34. The Bertz CT molecular complexity index is 1100. The SMILES string of the molecule is Cc1cc(/C=N\OCc2cccc([N+](=O)[O-])c2)c(C)n1-c1cccc([N+](=O)[O-])c1. The van der Waals surface area contributed by atoms with Gasteiger partial charge in [-0.3, -0.25) is 20.2 Å². The number of benzene rings is 2. The van der Waals surface area contributed by atoms with Crippen molar-refractivity contribution in [1.82, 2.24) is 4.57 Å². The zero-order chi connectivity index (χ0) is 21.0. The van der Waals surface area contributed by atoms with E-state index < -0.39 is 9.85 Å². The summed E-state index contributed by atoms with van der Waals surface area (Å²) in [5, 5.41) is 25.8. The Hall–Kier alpha value is -4.01. The van der Waals surface area contributed by atoms with Crippen LogP contribution in [0.5, 0.6) is 0 Å². The molecule has 0 radical (unpaired) electrons. The molecule has 0 N–H and O–H groups in total. The van der Waals surface area contributed by atoms with E-state index in [1.165, 1.54) is 24.3 Å². The molecule has 0 aliphatic heterocycles. The maximum atomic E-state index is 11.0. The largest absolute Gasteiger partial charge is 0.391 e. The molecule has 29 heavy (non-hydrogen) atoms. The molecule has 2 aromatic carbocycles. The zero-order valence-electron chi connectivity index (χ0n) is 15.8. The first-order valence-corrected chi connectivity index (χ1v) is 8.69. The van der Waals surface area contributed by atoms with Crippen LogP contribution < -0.4 is 0 Å². The molecule has 0 aliphatic carbocycles. The third kappa shape index (κ3) is 4.46. The second-order valence-corrected chi connectivity index (χ2v) is 6.37. The Morgan fingerprint density at radius 2 is 1.66 bits per heavy atom. The summed E-state index contributed by atoms with van der Waals surface area (Å²) in [6.45, 7) is 3.88. The summed E-state index contributed by atoms with van der Waals surface area (Å²) >= 11 is 0. The van der Waals surface area contributed by atoms with Crippen molar-refractivity contribution in [3.63, 3.8) is 0 Å². The molecule has 1 aromatic heterocycles. The average Bonchev–Trinajstić information content (AvgIpc) is 2.98. The van der Waals surface area contributed by atoms with E-state index in [0.717, 1.165) is 17.0 Å². The first kappa shape index (κ1) is 19.7. The normalized spacial score (nSPS) is 11.0. The number of hydrogen-bond acceptors (Lipinski definition) is 6. The van der Waals surface area contributed by atoms with E-state index in [-0.39, 0.29) is 18.0 Å². The van der Waals surface area contributed by atoms with E-state index in [1.807, 2.05) is 24.5 Å². The van der Waals surface area contributed by atoms with Gasteiger partial charge in [-0.1, -0.05) is 23.4 Å². The van der Waals surface area contributed by atoms with Crippen LogP contribution in [-0.4, -0.2) is 20.6 Å². The van der Waals surface area contributed by atoms with Gasteiger partial charge in [0.1, 0.15) is 6.61 Å². The van der Waals surface area contributed by atoms with Gasteiger partial charge in [0.15, 0.2) is 0 Å². The van der Waals surface area contributed by atoms with Gasteiger partial charge in [-0.05, 0) is 31.5 Å². The summed E-state index contributed by atoms with van der Waals surface area (Å²) in [5.74, 6) is 0. The minimum absolute atomic E-state index is 0.00409. The van der Waals surface area contributed by atoms with Gasteiger partial charge in [-0.25, -0.2) is 0 Å². The highest BCUT2D eigenvalue weighted by atomic mass is 16.6. The maximum Gasteiger partial charge on any atom is 0.271 e. The molecule has 3 aromatic rings. The molecule has 1 heterocycles. The number of aryl methyl sites for hydroxylation is 1. The third-order valence-corrected chi connectivity index (χ3v) is 4.39. The summed E-state index contributed by atoms with van der Waals surface area (Å²) in [6.07, 6.45) is 1.55. The van der Waals surface area contributed by atoms with Gasteiger partial charge in [0.25, 0.3) is 11.4 Å². The van der Waals surface area contributed by atoms with Crippen LogP contribution in [0.1, 0.15) is 22.5 Å². The third-order valence-electron chi connectivity index (χ3n) is 4.39. The van der Waals surface area contributed by atoms with Crippen molar-refractivity contribution in [3.8, 4) is 5.69 Å². The van der Waals surface area contributed by atoms with E-state index in [2.05, 4.69) is 5.16 Å². The summed E-state index contributed by atoms with van der Waals surface area (Å²) in [4.78, 5) is 26.2. The summed E-state index contributed by atoms with van der Waals surface area (Å²) in [6, 6.07) is 14.5. The van der Waals surface area contributed by atoms with Crippen LogP contribution in [0.3, 0.4) is 0 Å². The van der Waals surface area contributed by atoms with Crippen LogP contribution in [0.25, 0.3) is 5.69 Å². The van der Waals surface area contributed by atoms with E-state index >= 15 is 0 Å². The fourth-order valence-corrected chi connectivity index (χ4v) is 3.03. The predicted molar refractivity (Wildman–Crippen MR) is 107 cm³/mol. The Morgan fingerprint density at radius 3 is 2.34 bits per heavy atom. The number of hydrogen-bond donors (Lipinski definition) is 0. The maximum absolute atomic E-state index is 11.0.